The molecule has 0 atom stereocenters. The van der Waals surface area contributed by atoms with E-state index in [1.165, 1.54) is 0 Å². The number of benzene rings is 1. The van der Waals surface area contributed by atoms with E-state index in [2.05, 4.69) is 6.07 Å². The molecule has 0 aliphatic heterocycles. The molecule has 0 saturated heterocycles. The van der Waals surface area contributed by atoms with Gasteiger partial charge >= 0.3 is 0 Å². The van der Waals surface area contributed by atoms with Gasteiger partial charge in [0, 0.05) is 11.3 Å². The summed E-state index contributed by atoms with van der Waals surface area (Å²) in [6.45, 7) is 0. The summed E-state index contributed by atoms with van der Waals surface area (Å²) in [5.41, 5.74) is 6.49. The maximum atomic E-state index is 10.0. The van der Waals surface area contributed by atoms with Crippen LogP contribution in [0.15, 0.2) is 18.2 Å². The number of anilines is 1. The highest BCUT2D eigenvalue weighted by Crippen LogP contribution is 2.00. The molecule has 0 bridgehead atoms. The number of nitrogen functional groups attached to an aromatic ring is 1. The molecule has 1 aromatic carbocycles. The summed E-state index contributed by atoms with van der Waals surface area (Å²) < 4.78 is 0. The third-order valence-electron chi connectivity index (χ3n) is 0.988. The fourth-order valence-electron chi connectivity index (χ4n) is 0.522. The molecular formula is C7H6NO. The molecule has 9 heavy (non-hydrogen) atoms. The topological polar surface area (TPSA) is 43.1 Å². The molecule has 0 spiro atoms. The molecule has 0 heterocycles. The minimum atomic E-state index is 0.532. The minimum absolute atomic E-state index is 0.532. The van der Waals surface area contributed by atoms with Crippen molar-refractivity contribution in [3.05, 3.63) is 29.8 Å². The predicted molar refractivity (Wildman–Crippen MR) is 35.1 cm³/mol. The monoisotopic (exact) mass is 120 g/mol. The predicted octanol–water partition coefficient (Wildman–Crippen LogP) is 0.881. The first-order valence-corrected chi connectivity index (χ1v) is 2.55. The summed E-state index contributed by atoms with van der Waals surface area (Å²) in [4.78, 5) is 10.0. The second-order valence-electron chi connectivity index (χ2n) is 1.70. The van der Waals surface area contributed by atoms with E-state index in [4.69, 9.17) is 5.73 Å². The standard InChI is InChI=1S/C7H6NO/c8-7-3-1-6(5-9)2-4-7/h1,3-5H,8H2. The van der Waals surface area contributed by atoms with E-state index in [1.54, 1.807) is 18.2 Å². The highest BCUT2D eigenvalue weighted by atomic mass is 16.1. The van der Waals surface area contributed by atoms with Gasteiger partial charge in [-0.15, -0.1) is 0 Å². The second-order valence-corrected chi connectivity index (χ2v) is 1.70. The van der Waals surface area contributed by atoms with Crippen molar-refractivity contribution in [2.45, 2.75) is 0 Å². The van der Waals surface area contributed by atoms with Crippen LogP contribution >= 0.6 is 0 Å². The molecule has 0 fully saturated rings. The fourth-order valence-corrected chi connectivity index (χ4v) is 0.522. The minimum Gasteiger partial charge on any atom is -0.399 e. The Morgan fingerprint density at radius 1 is 1.56 bits per heavy atom. The maximum absolute atomic E-state index is 10.0. The number of carbonyl (C=O) groups is 1. The molecule has 0 aromatic heterocycles. The van der Waals surface area contributed by atoms with E-state index in [1.807, 2.05) is 0 Å². The van der Waals surface area contributed by atoms with E-state index in [0.29, 0.717) is 11.3 Å². The summed E-state index contributed by atoms with van der Waals surface area (Å²) in [5.74, 6) is 0. The maximum Gasteiger partial charge on any atom is 0.150 e. The molecule has 2 heteroatoms. The summed E-state index contributed by atoms with van der Waals surface area (Å²) in [7, 11) is 0. The first-order valence-electron chi connectivity index (χ1n) is 2.55. The second kappa shape index (κ2) is 2.31. The van der Waals surface area contributed by atoms with E-state index >= 15 is 0 Å². The summed E-state index contributed by atoms with van der Waals surface area (Å²) in [5, 5.41) is 0. The number of carbonyl (C=O) groups excluding carboxylic acids is 1. The van der Waals surface area contributed by atoms with Gasteiger partial charge in [-0.1, -0.05) is 0 Å². The van der Waals surface area contributed by atoms with E-state index in [-0.39, 0.29) is 0 Å². The average Bonchev–Trinajstić information content (AvgIpc) is 1.90. The summed E-state index contributed by atoms with van der Waals surface area (Å²) in [6.07, 6.45) is 0.736. The summed E-state index contributed by atoms with van der Waals surface area (Å²) in [6, 6.07) is 7.56. The third-order valence-corrected chi connectivity index (χ3v) is 0.988. The van der Waals surface area contributed by atoms with Crippen molar-refractivity contribution >= 4 is 12.0 Å². The van der Waals surface area contributed by atoms with Gasteiger partial charge in [0.25, 0.3) is 0 Å². The molecule has 2 N–H and O–H groups in total. The molecular weight excluding hydrogens is 114 g/mol. The van der Waals surface area contributed by atoms with Gasteiger partial charge in [-0.05, 0) is 24.3 Å². The number of nitrogens with two attached hydrogens (primary N) is 1. The lowest BCUT2D eigenvalue weighted by Gasteiger charge is -1.88. The molecule has 0 aliphatic carbocycles. The lowest BCUT2D eigenvalue weighted by atomic mass is 10.2. The first kappa shape index (κ1) is 5.82. The number of aldehydes is 1. The van der Waals surface area contributed by atoms with E-state index in [0.717, 1.165) is 6.29 Å². The van der Waals surface area contributed by atoms with Crippen LogP contribution in [0, 0.1) is 6.07 Å². The van der Waals surface area contributed by atoms with Crippen LogP contribution in [0.25, 0.3) is 0 Å². The zero-order valence-corrected chi connectivity index (χ0v) is 4.79. The van der Waals surface area contributed by atoms with Gasteiger partial charge in [0.15, 0.2) is 6.29 Å². The van der Waals surface area contributed by atoms with Crippen LogP contribution in [0.3, 0.4) is 0 Å². The first-order chi connectivity index (χ1) is 4.33. The van der Waals surface area contributed by atoms with E-state index < -0.39 is 0 Å². The largest absolute Gasteiger partial charge is 0.399 e. The molecule has 0 saturated carbocycles. The van der Waals surface area contributed by atoms with Crippen LogP contribution in [0.2, 0.25) is 0 Å². The number of hydrogen-bond acceptors (Lipinski definition) is 2. The van der Waals surface area contributed by atoms with Gasteiger partial charge in [-0.3, -0.25) is 4.79 Å². The fraction of sp³-hybridized carbons (Fsp3) is 0. The van der Waals surface area contributed by atoms with Crippen LogP contribution in [0.4, 0.5) is 5.69 Å². The summed E-state index contributed by atoms with van der Waals surface area (Å²) >= 11 is 0. The van der Waals surface area contributed by atoms with Gasteiger partial charge in [-0.2, -0.15) is 0 Å². The highest BCUT2D eigenvalue weighted by molar-refractivity contribution is 5.74. The molecule has 0 aliphatic rings. The van der Waals surface area contributed by atoms with Crippen molar-refractivity contribution in [2.75, 3.05) is 5.73 Å². The highest BCUT2D eigenvalue weighted by Gasteiger charge is 1.86. The normalized spacial score (nSPS) is 8.89. The van der Waals surface area contributed by atoms with Crippen molar-refractivity contribution < 1.29 is 4.79 Å². The van der Waals surface area contributed by atoms with Gasteiger partial charge in [0.05, 0.1) is 0 Å². The Morgan fingerprint density at radius 3 is 2.78 bits per heavy atom. The molecule has 0 amide bonds. The van der Waals surface area contributed by atoms with Crippen LogP contribution in [-0.4, -0.2) is 6.29 Å². The van der Waals surface area contributed by atoms with Gasteiger partial charge in [0.1, 0.15) is 0 Å². The Kier molecular flexibility index (Phi) is 1.49. The van der Waals surface area contributed by atoms with Crippen LogP contribution in [-0.2, 0) is 0 Å². The van der Waals surface area contributed by atoms with Crippen molar-refractivity contribution in [1.82, 2.24) is 0 Å². The van der Waals surface area contributed by atoms with Crippen molar-refractivity contribution in [3.8, 4) is 0 Å². The zero-order valence-electron chi connectivity index (χ0n) is 4.79. The zero-order chi connectivity index (χ0) is 6.69. The lowest BCUT2D eigenvalue weighted by molar-refractivity contribution is 0.112. The van der Waals surface area contributed by atoms with Gasteiger partial charge in [-0.25, -0.2) is 0 Å². The van der Waals surface area contributed by atoms with Crippen molar-refractivity contribution in [1.29, 1.82) is 0 Å². The Bertz CT molecular complexity index is 203. The molecule has 1 aromatic rings. The quantitative estimate of drug-likeness (QED) is 0.441. The number of hydrogen-bond donors (Lipinski definition) is 1. The Labute approximate surface area is 53.3 Å². The van der Waals surface area contributed by atoms with Crippen LogP contribution in [0.1, 0.15) is 10.4 Å². The van der Waals surface area contributed by atoms with Crippen LogP contribution < -0.4 is 5.73 Å². The molecule has 0 unspecified atom stereocenters. The Balaban J connectivity index is 3.01. The van der Waals surface area contributed by atoms with Gasteiger partial charge < -0.3 is 5.73 Å². The molecule has 45 valence electrons. The average molecular weight is 120 g/mol. The molecule has 1 rings (SSSR count). The Hall–Kier alpha value is -1.31. The lowest BCUT2D eigenvalue weighted by Crippen LogP contribution is -1.84. The van der Waals surface area contributed by atoms with Crippen molar-refractivity contribution in [2.24, 2.45) is 0 Å². The number of rotatable bonds is 1. The smallest absolute Gasteiger partial charge is 0.150 e. The SMILES string of the molecule is Nc1c[c]c(C=O)cc1. The van der Waals surface area contributed by atoms with Gasteiger partial charge in [0.2, 0.25) is 0 Å². The third kappa shape index (κ3) is 1.29. The Morgan fingerprint density at radius 2 is 2.33 bits per heavy atom. The molecule has 2 nitrogen and oxygen atoms in total. The molecule has 1 radical (unpaired) electrons. The van der Waals surface area contributed by atoms with Crippen LogP contribution in [0.5, 0.6) is 0 Å². The van der Waals surface area contributed by atoms with Crippen molar-refractivity contribution in [3.63, 3.8) is 0 Å². The van der Waals surface area contributed by atoms with E-state index in [9.17, 15) is 4.79 Å².